The monoisotopic (exact) mass is 359 g/mol. The minimum atomic E-state index is -3.25. The highest BCUT2D eigenvalue weighted by atomic mass is 32.2. The van der Waals surface area contributed by atoms with Gasteiger partial charge >= 0.3 is 0 Å². The zero-order valence-electron chi connectivity index (χ0n) is 14.8. The number of rotatable bonds is 8. The highest BCUT2D eigenvalue weighted by molar-refractivity contribution is 7.91. The molecule has 0 saturated carbocycles. The standard InChI is InChI=1S/C20H25NO3S/c1-3-5-6-7-16-8-12-18(13-9-16)21-20(22)17-10-14-19(15-11-17)25(23,24)4-2/h8-15H,3-7H2,1-2H3,(H,21,22). The molecule has 134 valence electrons. The molecule has 1 N–H and O–H groups in total. The Labute approximate surface area is 150 Å². The zero-order chi connectivity index (χ0) is 18.3. The predicted octanol–water partition coefficient (Wildman–Crippen LogP) is 4.47. The van der Waals surface area contributed by atoms with Crippen LogP contribution in [-0.2, 0) is 16.3 Å². The van der Waals surface area contributed by atoms with Crippen LogP contribution in [-0.4, -0.2) is 20.1 Å². The molecule has 5 heteroatoms. The lowest BCUT2D eigenvalue weighted by molar-refractivity contribution is 0.102. The largest absolute Gasteiger partial charge is 0.322 e. The quantitative estimate of drug-likeness (QED) is 0.708. The number of aryl methyl sites for hydroxylation is 1. The first-order chi connectivity index (χ1) is 12.0. The average molecular weight is 359 g/mol. The highest BCUT2D eigenvalue weighted by Crippen LogP contribution is 2.16. The molecule has 0 atom stereocenters. The second kappa shape index (κ2) is 8.81. The van der Waals surface area contributed by atoms with E-state index in [1.54, 1.807) is 6.92 Å². The summed E-state index contributed by atoms with van der Waals surface area (Å²) < 4.78 is 23.6. The molecule has 25 heavy (non-hydrogen) atoms. The molecule has 0 spiro atoms. The van der Waals surface area contributed by atoms with Crippen molar-refractivity contribution in [2.24, 2.45) is 0 Å². The molecular weight excluding hydrogens is 334 g/mol. The van der Waals surface area contributed by atoms with Crippen molar-refractivity contribution in [2.45, 2.75) is 44.4 Å². The van der Waals surface area contributed by atoms with Crippen LogP contribution in [0.1, 0.15) is 49.0 Å². The first-order valence-corrected chi connectivity index (χ1v) is 10.3. The lowest BCUT2D eigenvalue weighted by Gasteiger charge is -2.08. The van der Waals surface area contributed by atoms with Crippen molar-refractivity contribution in [3.05, 3.63) is 59.7 Å². The van der Waals surface area contributed by atoms with Crippen LogP contribution in [0.2, 0.25) is 0 Å². The van der Waals surface area contributed by atoms with Gasteiger partial charge in [0.25, 0.3) is 5.91 Å². The van der Waals surface area contributed by atoms with E-state index in [0.717, 1.165) is 12.1 Å². The second-order valence-electron chi connectivity index (χ2n) is 6.04. The predicted molar refractivity (Wildman–Crippen MR) is 102 cm³/mol. The first-order valence-electron chi connectivity index (χ1n) is 8.69. The van der Waals surface area contributed by atoms with Gasteiger partial charge in [0, 0.05) is 11.3 Å². The van der Waals surface area contributed by atoms with Crippen LogP contribution in [0.4, 0.5) is 5.69 Å². The number of unbranched alkanes of at least 4 members (excludes halogenated alkanes) is 2. The Morgan fingerprint density at radius 3 is 2.12 bits per heavy atom. The minimum absolute atomic E-state index is 0.0448. The molecule has 0 aliphatic carbocycles. The Kier molecular flexibility index (Phi) is 6.76. The first kappa shape index (κ1) is 19.2. The Hall–Kier alpha value is -2.14. The van der Waals surface area contributed by atoms with Gasteiger partial charge in [-0.05, 0) is 54.8 Å². The van der Waals surface area contributed by atoms with Crippen LogP contribution in [0.25, 0.3) is 0 Å². The van der Waals surface area contributed by atoms with Gasteiger partial charge in [-0.3, -0.25) is 4.79 Å². The van der Waals surface area contributed by atoms with Gasteiger partial charge in [0.2, 0.25) is 0 Å². The van der Waals surface area contributed by atoms with Crippen LogP contribution in [0.15, 0.2) is 53.4 Å². The third-order valence-electron chi connectivity index (χ3n) is 4.14. The van der Waals surface area contributed by atoms with Crippen molar-refractivity contribution < 1.29 is 13.2 Å². The molecule has 0 radical (unpaired) electrons. The maximum absolute atomic E-state index is 12.3. The summed E-state index contributed by atoms with van der Waals surface area (Å²) in [5, 5.41) is 2.84. The lowest BCUT2D eigenvalue weighted by atomic mass is 10.1. The lowest BCUT2D eigenvalue weighted by Crippen LogP contribution is -2.12. The zero-order valence-corrected chi connectivity index (χ0v) is 15.6. The molecule has 0 unspecified atom stereocenters. The smallest absolute Gasteiger partial charge is 0.255 e. The molecular formula is C20H25NO3S. The van der Waals surface area contributed by atoms with Crippen molar-refractivity contribution in [1.82, 2.24) is 0 Å². The van der Waals surface area contributed by atoms with E-state index in [1.165, 1.54) is 49.1 Å². The van der Waals surface area contributed by atoms with Gasteiger partial charge in [0.05, 0.1) is 10.6 Å². The van der Waals surface area contributed by atoms with Gasteiger partial charge in [-0.1, -0.05) is 38.8 Å². The van der Waals surface area contributed by atoms with Crippen LogP contribution in [0, 0.1) is 0 Å². The molecule has 0 aromatic heterocycles. The third-order valence-corrected chi connectivity index (χ3v) is 5.89. The molecule has 2 rings (SSSR count). The maximum atomic E-state index is 12.3. The number of anilines is 1. The number of nitrogens with one attached hydrogen (secondary N) is 1. The highest BCUT2D eigenvalue weighted by Gasteiger charge is 2.13. The summed E-state index contributed by atoms with van der Waals surface area (Å²) in [6.45, 7) is 3.78. The van der Waals surface area contributed by atoms with Crippen molar-refractivity contribution >= 4 is 21.4 Å². The van der Waals surface area contributed by atoms with E-state index < -0.39 is 9.84 Å². The number of hydrogen-bond donors (Lipinski definition) is 1. The normalized spacial score (nSPS) is 11.3. The fourth-order valence-corrected chi connectivity index (χ4v) is 3.40. The second-order valence-corrected chi connectivity index (χ2v) is 8.31. The van der Waals surface area contributed by atoms with Crippen LogP contribution in [0.3, 0.4) is 0 Å². The van der Waals surface area contributed by atoms with E-state index in [9.17, 15) is 13.2 Å². The number of benzene rings is 2. The molecule has 0 aliphatic rings. The maximum Gasteiger partial charge on any atom is 0.255 e. The molecule has 2 aromatic carbocycles. The van der Waals surface area contributed by atoms with Crippen LogP contribution in [0.5, 0.6) is 0 Å². The van der Waals surface area contributed by atoms with E-state index in [4.69, 9.17) is 0 Å². The Bertz CT molecular complexity index is 794. The average Bonchev–Trinajstić information content (AvgIpc) is 2.63. The van der Waals surface area contributed by atoms with Gasteiger partial charge in [-0.2, -0.15) is 0 Å². The van der Waals surface area contributed by atoms with Crippen molar-refractivity contribution in [3.8, 4) is 0 Å². The Balaban J connectivity index is 1.99. The summed E-state index contributed by atoms with van der Waals surface area (Å²) >= 11 is 0. The van der Waals surface area contributed by atoms with Crippen LogP contribution < -0.4 is 5.32 Å². The SMILES string of the molecule is CCCCCc1ccc(NC(=O)c2ccc(S(=O)(=O)CC)cc2)cc1. The fourth-order valence-electron chi connectivity index (χ4n) is 2.52. The molecule has 1 amide bonds. The number of amides is 1. The van der Waals surface area contributed by atoms with E-state index in [0.29, 0.717) is 5.56 Å². The molecule has 0 heterocycles. The van der Waals surface area contributed by atoms with E-state index >= 15 is 0 Å². The molecule has 0 bridgehead atoms. The number of hydrogen-bond acceptors (Lipinski definition) is 3. The van der Waals surface area contributed by atoms with E-state index in [-0.39, 0.29) is 16.6 Å². The van der Waals surface area contributed by atoms with Gasteiger partial charge in [0.15, 0.2) is 9.84 Å². The number of carbonyl (C=O) groups is 1. The molecule has 2 aromatic rings. The van der Waals surface area contributed by atoms with Crippen molar-refractivity contribution in [2.75, 3.05) is 11.1 Å². The van der Waals surface area contributed by atoms with Gasteiger partial charge in [-0.25, -0.2) is 8.42 Å². The Morgan fingerprint density at radius 2 is 1.56 bits per heavy atom. The molecule has 0 saturated heterocycles. The summed E-state index contributed by atoms with van der Waals surface area (Å²) in [5.41, 5.74) is 2.43. The summed E-state index contributed by atoms with van der Waals surface area (Å²) in [6, 6.07) is 13.9. The third kappa shape index (κ3) is 5.43. The summed E-state index contributed by atoms with van der Waals surface area (Å²) in [6.07, 6.45) is 4.65. The van der Waals surface area contributed by atoms with Gasteiger partial charge < -0.3 is 5.32 Å². The number of sulfone groups is 1. The fraction of sp³-hybridized carbons (Fsp3) is 0.350. The van der Waals surface area contributed by atoms with Gasteiger partial charge in [-0.15, -0.1) is 0 Å². The molecule has 4 nitrogen and oxygen atoms in total. The van der Waals surface area contributed by atoms with Crippen LogP contribution >= 0.6 is 0 Å². The topological polar surface area (TPSA) is 63.2 Å². The summed E-state index contributed by atoms with van der Waals surface area (Å²) in [7, 11) is -3.25. The summed E-state index contributed by atoms with van der Waals surface area (Å²) in [5.74, 6) is -0.206. The minimum Gasteiger partial charge on any atom is -0.322 e. The van der Waals surface area contributed by atoms with Gasteiger partial charge in [0.1, 0.15) is 0 Å². The number of carbonyl (C=O) groups excluding carboxylic acids is 1. The van der Waals surface area contributed by atoms with Crippen molar-refractivity contribution in [3.63, 3.8) is 0 Å². The van der Waals surface area contributed by atoms with Crippen molar-refractivity contribution in [1.29, 1.82) is 0 Å². The van der Waals surface area contributed by atoms with E-state index in [1.807, 2.05) is 24.3 Å². The van der Waals surface area contributed by atoms with E-state index in [2.05, 4.69) is 12.2 Å². The Morgan fingerprint density at radius 1 is 0.920 bits per heavy atom. The molecule has 0 fully saturated rings. The summed E-state index contributed by atoms with van der Waals surface area (Å²) in [4.78, 5) is 12.5. The molecule has 0 aliphatic heterocycles.